The third-order valence-corrected chi connectivity index (χ3v) is 2.25. The standard InChI is InChI=1S/C11H20N4O/c1-7(2)4-9(6-12)15-10-5-11(16)14-8(3)13-10/h5,7,9H,4,6,12H2,1-3H3,(H2,13,14,15,16). The highest BCUT2D eigenvalue weighted by Gasteiger charge is 2.09. The maximum Gasteiger partial charge on any atom is 0.252 e. The van der Waals surface area contributed by atoms with E-state index in [2.05, 4.69) is 29.1 Å². The number of nitrogens with two attached hydrogens (primary N) is 1. The quantitative estimate of drug-likeness (QED) is 0.692. The first-order chi connectivity index (χ1) is 7.51. The van der Waals surface area contributed by atoms with Gasteiger partial charge < -0.3 is 16.0 Å². The van der Waals surface area contributed by atoms with Crippen molar-refractivity contribution in [3.05, 3.63) is 22.2 Å². The molecule has 0 aromatic carbocycles. The maximum absolute atomic E-state index is 11.2. The summed E-state index contributed by atoms with van der Waals surface area (Å²) in [5.41, 5.74) is 5.53. The van der Waals surface area contributed by atoms with Gasteiger partial charge in [0.05, 0.1) is 0 Å². The Morgan fingerprint density at radius 2 is 2.25 bits per heavy atom. The summed E-state index contributed by atoms with van der Waals surface area (Å²) < 4.78 is 0. The number of aromatic nitrogens is 2. The lowest BCUT2D eigenvalue weighted by Gasteiger charge is -2.19. The fourth-order valence-electron chi connectivity index (χ4n) is 1.65. The van der Waals surface area contributed by atoms with Gasteiger partial charge in [-0.2, -0.15) is 0 Å². The van der Waals surface area contributed by atoms with Crippen molar-refractivity contribution >= 4 is 5.82 Å². The molecule has 5 nitrogen and oxygen atoms in total. The summed E-state index contributed by atoms with van der Waals surface area (Å²) in [4.78, 5) is 18.0. The molecule has 0 aliphatic rings. The Labute approximate surface area is 95.5 Å². The second kappa shape index (κ2) is 5.65. The molecule has 0 amide bonds. The zero-order valence-corrected chi connectivity index (χ0v) is 10.1. The van der Waals surface area contributed by atoms with Crippen LogP contribution in [0.4, 0.5) is 5.82 Å². The fraction of sp³-hybridized carbons (Fsp3) is 0.636. The smallest absolute Gasteiger partial charge is 0.252 e. The highest BCUT2D eigenvalue weighted by Crippen LogP contribution is 2.08. The van der Waals surface area contributed by atoms with Crippen molar-refractivity contribution in [1.29, 1.82) is 0 Å². The molecular weight excluding hydrogens is 204 g/mol. The van der Waals surface area contributed by atoms with Gasteiger partial charge in [-0.25, -0.2) is 4.98 Å². The van der Waals surface area contributed by atoms with E-state index >= 15 is 0 Å². The molecule has 90 valence electrons. The Hall–Kier alpha value is -1.36. The minimum absolute atomic E-state index is 0.143. The first-order valence-electron chi connectivity index (χ1n) is 5.56. The van der Waals surface area contributed by atoms with E-state index in [9.17, 15) is 4.79 Å². The molecule has 1 aromatic heterocycles. The molecule has 1 heterocycles. The van der Waals surface area contributed by atoms with E-state index in [4.69, 9.17) is 5.73 Å². The molecule has 1 rings (SSSR count). The van der Waals surface area contributed by atoms with Gasteiger partial charge >= 0.3 is 0 Å². The number of anilines is 1. The second-order valence-electron chi connectivity index (χ2n) is 4.42. The van der Waals surface area contributed by atoms with Crippen molar-refractivity contribution in [3.63, 3.8) is 0 Å². The van der Waals surface area contributed by atoms with Gasteiger partial charge in [-0.1, -0.05) is 13.8 Å². The van der Waals surface area contributed by atoms with Gasteiger partial charge in [-0.05, 0) is 19.3 Å². The highest BCUT2D eigenvalue weighted by molar-refractivity contribution is 5.34. The van der Waals surface area contributed by atoms with Gasteiger partial charge in [-0.15, -0.1) is 0 Å². The number of rotatable bonds is 5. The summed E-state index contributed by atoms with van der Waals surface area (Å²) >= 11 is 0. The van der Waals surface area contributed by atoms with Crippen LogP contribution >= 0.6 is 0 Å². The van der Waals surface area contributed by atoms with Crippen LogP contribution in [0.25, 0.3) is 0 Å². The van der Waals surface area contributed by atoms with Crippen LogP contribution in [0.15, 0.2) is 10.9 Å². The summed E-state index contributed by atoms with van der Waals surface area (Å²) in [6.45, 7) is 6.57. The van der Waals surface area contributed by atoms with E-state index in [0.29, 0.717) is 24.1 Å². The lowest BCUT2D eigenvalue weighted by Crippen LogP contribution is -2.31. The van der Waals surface area contributed by atoms with Gasteiger partial charge in [-0.3, -0.25) is 4.79 Å². The average Bonchev–Trinajstić information content (AvgIpc) is 2.14. The first-order valence-corrected chi connectivity index (χ1v) is 5.56. The molecule has 1 aromatic rings. The molecule has 0 fully saturated rings. The Bertz CT molecular complexity index is 386. The number of aryl methyl sites for hydroxylation is 1. The summed E-state index contributed by atoms with van der Waals surface area (Å²) in [6.07, 6.45) is 0.962. The molecular formula is C11H20N4O. The summed E-state index contributed by atoms with van der Waals surface area (Å²) in [5, 5.41) is 3.19. The van der Waals surface area contributed by atoms with Crippen molar-refractivity contribution in [2.45, 2.75) is 33.2 Å². The number of H-pyrrole nitrogens is 1. The zero-order chi connectivity index (χ0) is 12.1. The molecule has 0 spiro atoms. The number of aromatic amines is 1. The number of hydrogen-bond donors (Lipinski definition) is 3. The van der Waals surface area contributed by atoms with E-state index in [1.165, 1.54) is 6.07 Å². The van der Waals surface area contributed by atoms with E-state index in [1.54, 1.807) is 6.92 Å². The molecule has 0 bridgehead atoms. The predicted octanol–water partition coefficient (Wildman–Crippen LogP) is 0.864. The summed E-state index contributed by atoms with van der Waals surface area (Å²) in [6, 6.07) is 1.62. The Balaban J connectivity index is 2.73. The van der Waals surface area contributed by atoms with Crippen LogP contribution in [0.1, 0.15) is 26.1 Å². The molecule has 5 heteroatoms. The third-order valence-electron chi connectivity index (χ3n) is 2.25. The second-order valence-corrected chi connectivity index (χ2v) is 4.42. The molecule has 0 saturated carbocycles. The highest BCUT2D eigenvalue weighted by atomic mass is 16.1. The minimum atomic E-state index is -0.143. The lowest BCUT2D eigenvalue weighted by molar-refractivity contribution is 0.520. The number of nitrogens with zero attached hydrogens (tertiary/aromatic N) is 1. The van der Waals surface area contributed by atoms with Crippen LogP contribution in [0.5, 0.6) is 0 Å². The summed E-state index contributed by atoms with van der Waals surface area (Å²) in [7, 11) is 0. The van der Waals surface area contributed by atoms with Crippen LogP contribution in [0.2, 0.25) is 0 Å². The van der Waals surface area contributed by atoms with Crippen molar-refractivity contribution < 1.29 is 0 Å². The molecule has 1 atom stereocenters. The largest absolute Gasteiger partial charge is 0.366 e. The van der Waals surface area contributed by atoms with Crippen molar-refractivity contribution in [3.8, 4) is 0 Å². The van der Waals surface area contributed by atoms with Crippen LogP contribution in [-0.4, -0.2) is 22.6 Å². The van der Waals surface area contributed by atoms with E-state index in [-0.39, 0.29) is 11.6 Å². The van der Waals surface area contributed by atoms with Gasteiger partial charge in [0.2, 0.25) is 0 Å². The SMILES string of the molecule is Cc1nc(NC(CN)CC(C)C)cc(=O)[nH]1. The van der Waals surface area contributed by atoms with Crippen LogP contribution in [-0.2, 0) is 0 Å². The Morgan fingerprint density at radius 1 is 1.56 bits per heavy atom. The van der Waals surface area contributed by atoms with Crippen LogP contribution in [0.3, 0.4) is 0 Å². The average molecular weight is 224 g/mol. The third kappa shape index (κ3) is 4.02. The van der Waals surface area contributed by atoms with Gasteiger partial charge in [0.15, 0.2) is 0 Å². The normalized spacial score (nSPS) is 12.8. The number of nitrogens with one attached hydrogen (secondary N) is 2. The van der Waals surface area contributed by atoms with E-state index < -0.39 is 0 Å². The minimum Gasteiger partial charge on any atom is -0.366 e. The van der Waals surface area contributed by atoms with Crippen LogP contribution in [0, 0.1) is 12.8 Å². The molecule has 0 radical (unpaired) electrons. The zero-order valence-electron chi connectivity index (χ0n) is 10.1. The van der Waals surface area contributed by atoms with E-state index in [1.807, 2.05) is 0 Å². The first kappa shape index (κ1) is 12.7. The molecule has 1 unspecified atom stereocenters. The van der Waals surface area contributed by atoms with Crippen molar-refractivity contribution in [1.82, 2.24) is 9.97 Å². The predicted molar refractivity (Wildman–Crippen MR) is 65.5 cm³/mol. The maximum atomic E-state index is 11.2. The fourth-order valence-corrected chi connectivity index (χ4v) is 1.65. The van der Waals surface area contributed by atoms with Gasteiger partial charge in [0.1, 0.15) is 11.6 Å². The Kier molecular flexibility index (Phi) is 4.49. The van der Waals surface area contributed by atoms with Crippen LogP contribution < -0.4 is 16.6 Å². The lowest BCUT2D eigenvalue weighted by atomic mass is 10.0. The van der Waals surface area contributed by atoms with Gasteiger partial charge in [0.25, 0.3) is 5.56 Å². The van der Waals surface area contributed by atoms with Gasteiger partial charge in [0, 0.05) is 18.7 Å². The van der Waals surface area contributed by atoms with Crippen molar-refractivity contribution in [2.24, 2.45) is 11.7 Å². The molecule has 0 saturated heterocycles. The van der Waals surface area contributed by atoms with Crippen molar-refractivity contribution in [2.75, 3.05) is 11.9 Å². The molecule has 4 N–H and O–H groups in total. The molecule has 16 heavy (non-hydrogen) atoms. The monoisotopic (exact) mass is 224 g/mol. The number of hydrogen-bond acceptors (Lipinski definition) is 4. The Morgan fingerprint density at radius 3 is 2.75 bits per heavy atom. The molecule has 0 aliphatic carbocycles. The van der Waals surface area contributed by atoms with E-state index in [0.717, 1.165) is 6.42 Å². The molecule has 0 aliphatic heterocycles. The summed E-state index contributed by atoms with van der Waals surface area (Å²) in [5.74, 6) is 1.76. The topological polar surface area (TPSA) is 83.8 Å².